The van der Waals surface area contributed by atoms with E-state index in [-0.39, 0.29) is 12.1 Å². The molecule has 0 saturated heterocycles. The molecule has 3 heteroatoms. The molecule has 12 rings (SSSR count). The van der Waals surface area contributed by atoms with E-state index in [0.29, 0.717) is 0 Å². The summed E-state index contributed by atoms with van der Waals surface area (Å²) in [5.41, 5.74) is 25.5. The van der Waals surface area contributed by atoms with Gasteiger partial charge in [0.1, 0.15) is 0 Å². The van der Waals surface area contributed by atoms with Crippen LogP contribution in [0.5, 0.6) is 0 Å². The third-order valence-corrected chi connectivity index (χ3v) is 14.0. The fourth-order valence-corrected chi connectivity index (χ4v) is 10.7. The maximum atomic E-state index is 2.60. The molecule has 0 atom stereocenters. The fraction of sp³-hybridized carbons (Fsp3) is 0.0769. The van der Waals surface area contributed by atoms with Crippen LogP contribution in [0.2, 0.25) is 0 Å². The fourth-order valence-electron chi connectivity index (χ4n) is 10.7. The van der Waals surface area contributed by atoms with Crippen LogP contribution >= 0.6 is 0 Å². The van der Waals surface area contributed by atoms with E-state index >= 15 is 0 Å². The molecule has 0 amide bonds. The maximum Gasteiger partial charge on any atom is 0.252 e. The van der Waals surface area contributed by atoms with Crippen molar-refractivity contribution in [3.8, 4) is 55.6 Å². The molecule has 2 nitrogen and oxygen atoms in total. The highest BCUT2D eigenvalue weighted by molar-refractivity contribution is 7.00. The van der Waals surface area contributed by atoms with E-state index in [1.807, 2.05) is 0 Å². The van der Waals surface area contributed by atoms with Crippen molar-refractivity contribution in [2.45, 2.75) is 33.1 Å². The van der Waals surface area contributed by atoms with Gasteiger partial charge in [0.25, 0.3) is 6.71 Å². The first-order valence-electron chi connectivity index (χ1n) is 23.9. The minimum Gasteiger partial charge on any atom is -0.311 e. The summed E-state index contributed by atoms with van der Waals surface area (Å²) in [6.45, 7) is 9.14. The molecular weight excluding hydrogens is 820 g/mol. The topological polar surface area (TPSA) is 6.48 Å². The largest absolute Gasteiger partial charge is 0.311 e. The van der Waals surface area contributed by atoms with Gasteiger partial charge in [-0.1, -0.05) is 209 Å². The smallest absolute Gasteiger partial charge is 0.252 e. The third kappa shape index (κ3) is 7.23. The molecule has 2 heterocycles. The Kier molecular flexibility index (Phi) is 10.1. The quantitative estimate of drug-likeness (QED) is 0.147. The second-order valence-electron chi connectivity index (χ2n) is 19.4. The van der Waals surface area contributed by atoms with Gasteiger partial charge in [-0.25, -0.2) is 0 Å². The zero-order valence-corrected chi connectivity index (χ0v) is 39.0. The number of rotatable bonds is 7. The molecule has 0 radical (unpaired) electrons. The summed E-state index contributed by atoms with van der Waals surface area (Å²) in [6.07, 6.45) is 0. The zero-order valence-electron chi connectivity index (χ0n) is 39.0. The maximum absolute atomic E-state index is 2.60. The summed E-state index contributed by atoms with van der Waals surface area (Å²) in [6, 6.07) is 87.9. The molecule has 2 aliphatic heterocycles. The first-order chi connectivity index (χ1) is 33.3. The second kappa shape index (κ2) is 16.6. The molecule has 0 bridgehead atoms. The SMILES string of the molecule is Cc1cc2c3c(c1)N(c1ccc(-c4ccccc4)cc1-c1cccc(C(C)(C)C)c1)c1cc(-c4ccccc4)ccc1B3c1cc(-c3ccccc3)ccc1N2c1ccc(-c2ccccc2)cc1. The normalized spacial score (nSPS) is 12.6. The molecular formula is C65H51BN2. The highest BCUT2D eigenvalue weighted by Gasteiger charge is 2.44. The Hall–Kier alpha value is -8.14. The van der Waals surface area contributed by atoms with Crippen LogP contribution < -0.4 is 26.2 Å². The van der Waals surface area contributed by atoms with E-state index in [1.165, 1.54) is 106 Å². The number of aryl methyl sites for hydroxylation is 1. The first kappa shape index (κ1) is 41.3. The van der Waals surface area contributed by atoms with E-state index in [4.69, 9.17) is 0 Å². The van der Waals surface area contributed by atoms with E-state index < -0.39 is 0 Å². The third-order valence-electron chi connectivity index (χ3n) is 14.0. The van der Waals surface area contributed by atoms with Gasteiger partial charge in [-0.2, -0.15) is 0 Å². The number of nitrogens with zero attached hydrogens (tertiary/aromatic N) is 2. The van der Waals surface area contributed by atoms with Crippen molar-refractivity contribution in [2.24, 2.45) is 0 Å². The zero-order chi connectivity index (χ0) is 45.9. The first-order valence-corrected chi connectivity index (χ1v) is 23.9. The van der Waals surface area contributed by atoms with Gasteiger partial charge in [-0.15, -0.1) is 0 Å². The Balaban J connectivity index is 1.15. The Morgan fingerprint density at radius 2 is 0.794 bits per heavy atom. The Bertz CT molecular complexity index is 3490. The molecule has 324 valence electrons. The number of fused-ring (bicyclic) bond motifs is 4. The molecule has 0 spiro atoms. The van der Waals surface area contributed by atoms with Crippen LogP contribution in [0.1, 0.15) is 31.9 Å². The lowest BCUT2D eigenvalue weighted by Crippen LogP contribution is -2.61. The highest BCUT2D eigenvalue weighted by Crippen LogP contribution is 2.49. The molecule has 68 heavy (non-hydrogen) atoms. The minimum absolute atomic E-state index is 0.0207. The summed E-state index contributed by atoms with van der Waals surface area (Å²) in [4.78, 5) is 5.12. The summed E-state index contributed by atoms with van der Waals surface area (Å²) in [5.74, 6) is 0. The molecule has 0 aromatic heterocycles. The lowest BCUT2D eigenvalue weighted by molar-refractivity contribution is 0.590. The van der Waals surface area contributed by atoms with Crippen molar-refractivity contribution >= 4 is 57.2 Å². The van der Waals surface area contributed by atoms with Gasteiger partial charge in [0.05, 0.1) is 5.69 Å². The van der Waals surface area contributed by atoms with Crippen molar-refractivity contribution in [2.75, 3.05) is 9.80 Å². The average Bonchev–Trinajstić information content (AvgIpc) is 3.39. The monoisotopic (exact) mass is 870 g/mol. The molecule has 0 N–H and O–H groups in total. The number of benzene rings is 10. The Morgan fingerprint density at radius 3 is 1.38 bits per heavy atom. The van der Waals surface area contributed by atoms with Crippen LogP contribution in [0, 0.1) is 6.92 Å². The van der Waals surface area contributed by atoms with Gasteiger partial charge in [-0.05, 0) is 138 Å². The molecule has 0 fully saturated rings. The Morgan fingerprint density at radius 1 is 0.324 bits per heavy atom. The lowest BCUT2D eigenvalue weighted by atomic mass is 9.33. The number of hydrogen-bond donors (Lipinski definition) is 0. The van der Waals surface area contributed by atoms with Crippen molar-refractivity contribution < 1.29 is 0 Å². The van der Waals surface area contributed by atoms with Crippen molar-refractivity contribution in [3.63, 3.8) is 0 Å². The predicted octanol–water partition coefficient (Wildman–Crippen LogP) is 15.7. The molecule has 10 aromatic rings. The average molecular weight is 871 g/mol. The summed E-state index contributed by atoms with van der Waals surface area (Å²) < 4.78 is 0. The van der Waals surface area contributed by atoms with Crippen molar-refractivity contribution in [1.29, 1.82) is 0 Å². The number of hydrogen-bond acceptors (Lipinski definition) is 2. The predicted molar refractivity (Wildman–Crippen MR) is 291 cm³/mol. The van der Waals surface area contributed by atoms with Gasteiger partial charge in [-0.3, -0.25) is 0 Å². The van der Waals surface area contributed by atoms with Crippen LogP contribution in [-0.2, 0) is 5.41 Å². The van der Waals surface area contributed by atoms with Crippen LogP contribution in [0.25, 0.3) is 55.6 Å². The van der Waals surface area contributed by atoms with E-state index in [2.05, 4.69) is 274 Å². The summed E-state index contributed by atoms with van der Waals surface area (Å²) in [5, 5.41) is 0. The molecule has 10 aromatic carbocycles. The molecule has 2 aliphatic rings. The molecule has 0 aliphatic carbocycles. The van der Waals surface area contributed by atoms with Crippen LogP contribution in [0.3, 0.4) is 0 Å². The summed E-state index contributed by atoms with van der Waals surface area (Å²) in [7, 11) is 0. The van der Waals surface area contributed by atoms with Crippen molar-refractivity contribution in [1.82, 2.24) is 0 Å². The number of anilines is 6. The van der Waals surface area contributed by atoms with Crippen molar-refractivity contribution in [3.05, 3.63) is 248 Å². The highest BCUT2D eigenvalue weighted by atomic mass is 15.2. The van der Waals surface area contributed by atoms with Gasteiger partial charge >= 0.3 is 0 Å². The lowest BCUT2D eigenvalue weighted by Gasteiger charge is -2.45. The van der Waals surface area contributed by atoms with Gasteiger partial charge in [0, 0.05) is 34.0 Å². The van der Waals surface area contributed by atoms with E-state index in [0.717, 1.165) is 11.4 Å². The van der Waals surface area contributed by atoms with E-state index in [9.17, 15) is 0 Å². The second-order valence-corrected chi connectivity index (χ2v) is 19.4. The Labute approximate surface area is 401 Å². The van der Waals surface area contributed by atoms with E-state index in [1.54, 1.807) is 0 Å². The van der Waals surface area contributed by atoms with Crippen LogP contribution in [0.4, 0.5) is 34.1 Å². The summed E-state index contributed by atoms with van der Waals surface area (Å²) >= 11 is 0. The minimum atomic E-state index is -0.0357. The van der Waals surface area contributed by atoms with Gasteiger partial charge in [0.2, 0.25) is 0 Å². The van der Waals surface area contributed by atoms with Gasteiger partial charge < -0.3 is 9.80 Å². The molecule has 0 unspecified atom stereocenters. The van der Waals surface area contributed by atoms with Crippen LogP contribution in [0.15, 0.2) is 237 Å². The van der Waals surface area contributed by atoms with Gasteiger partial charge in [0.15, 0.2) is 0 Å². The van der Waals surface area contributed by atoms with Crippen LogP contribution in [-0.4, -0.2) is 6.71 Å². The standard InChI is InChI=1S/C65H51BN2/c1-44-38-62-64-63(39-44)68(59-36-31-50(46-20-11-6-12-21-46)41-56(59)53-26-17-27-54(40-53)65(2,3)4)61-43-52(48-24-15-8-16-25-48)30-35-57(61)66(64)58-42-51(47-22-13-7-14-23-47)32-37-60(58)67(62)55-33-28-49(29-34-55)45-18-9-5-10-19-45/h5-43H,1-4H3. The molecule has 0 saturated carbocycles.